The zero-order valence-electron chi connectivity index (χ0n) is 15.6. The summed E-state index contributed by atoms with van der Waals surface area (Å²) in [6.07, 6.45) is 0.555. The fourth-order valence-electron chi connectivity index (χ4n) is 3.57. The van der Waals surface area contributed by atoms with Gasteiger partial charge in [0.05, 0.1) is 0 Å². The van der Waals surface area contributed by atoms with E-state index in [1.807, 2.05) is 18.2 Å². The third kappa shape index (κ3) is 4.44. The number of carboxylic acids is 1. The van der Waals surface area contributed by atoms with Crippen LogP contribution in [0.5, 0.6) is 0 Å². The number of nitrogens with zero attached hydrogens (tertiary/aromatic N) is 2. The van der Waals surface area contributed by atoms with Crippen LogP contribution in [0.15, 0.2) is 54.6 Å². The van der Waals surface area contributed by atoms with Crippen molar-refractivity contribution in [3.63, 3.8) is 0 Å². The lowest BCUT2D eigenvalue weighted by atomic mass is 9.98. The molecule has 0 radical (unpaired) electrons. The molecule has 1 saturated heterocycles. The standard InChI is InChI=1S/C22H28N2O2/c1-17(2)19-10-8-18(9-11-19)16-21(22(25)26)24-14-12-23(13-15-24)20-6-4-3-5-7-20/h3-11,17,21H,12-16H2,1-2H3,(H,25,26)/t21-/m0/s1. The smallest absolute Gasteiger partial charge is 0.321 e. The van der Waals surface area contributed by atoms with Gasteiger partial charge in [0.2, 0.25) is 0 Å². The van der Waals surface area contributed by atoms with Gasteiger partial charge in [-0.15, -0.1) is 0 Å². The molecule has 1 heterocycles. The number of anilines is 1. The summed E-state index contributed by atoms with van der Waals surface area (Å²) in [5.74, 6) is -0.239. The van der Waals surface area contributed by atoms with E-state index in [0.717, 1.165) is 31.7 Å². The molecule has 1 N–H and O–H groups in total. The van der Waals surface area contributed by atoms with Crippen LogP contribution in [0.3, 0.4) is 0 Å². The Labute approximate surface area is 156 Å². The average Bonchev–Trinajstić information content (AvgIpc) is 2.67. The van der Waals surface area contributed by atoms with Gasteiger partial charge in [-0.25, -0.2) is 0 Å². The molecule has 1 aliphatic rings. The van der Waals surface area contributed by atoms with E-state index < -0.39 is 12.0 Å². The summed E-state index contributed by atoms with van der Waals surface area (Å²) in [7, 11) is 0. The molecule has 0 amide bonds. The number of carbonyl (C=O) groups is 1. The maximum absolute atomic E-state index is 11.9. The number of hydrogen-bond acceptors (Lipinski definition) is 3. The van der Waals surface area contributed by atoms with E-state index in [1.165, 1.54) is 11.3 Å². The summed E-state index contributed by atoms with van der Waals surface area (Å²) in [6, 6.07) is 18.3. The third-order valence-corrected chi connectivity index (χ3v) is 5.24. The molecule has 0 bridgehead atoms. The van der Waals surface area contributed by atoms with Gasteiger partial charge < -0.3 is 10.0 Å². The van der Waals surface area contributed by atoms with Crippen LogP contribution in [0, 0.1) is 0 Å². The minimum atomic E-state index is -0.730. The number of carboxylic acid groups (broad SMARTS) is 1. The number of aliphatic carboxylic acids is 1. The zero-order valence-corrected chi connectivity index (χ0v) is 15.6. The lowest BCUT2D eigenvalue weighted by molar-refractivity contribution is -0.143. The summed E-state index contributed by atoms with van der Waals surface area (Å²) in [6.45, 7) is 7.61. The van der Waals surface area contributed by atoms with Crippen molar-refractivity contribution >= 4 is 11.7 Å². The number of benzene rings is 2. The molecule has 1 atom stereocenters. The average molecular weight is 352 g/mol. The van der Waals surface area contributed by atoms with E-state index in [0.29, 0.717) is 12.3 Å². The predicted molar refractivity (Wildman–Crippen MR) is 106 cm³/mol. The highest BCUT2D eigenvalue weighted by atomic mass is 16.4. The first kappa shape index (κ1) is 18.5. The Balaban J connectivity index is 1.63. The van der Waals surface area contributed by atoms with Gasteiger partial charge in [-0.2, -0.15) is 0 Å². The van der Waals surface area contributed by atoms with E-state index in [1.54, 1.807) is 0 Å². The molecular weight excluding hydrogens is 324 g/mol. The van der Waals surface area contributed by atoms with E-state index in [4.69, 9.17) is 0 Å². The van der Waals surface area contributed by atoms with Crippen LogP contribution < -0.4 is 4.90 Å². The summed E-state index contributed by atoms with van der Waals surface area (Å²) in [5.41, 5.74) is 3.59. The molecule has 0 aromatic heterocycles. The second-order valence-electron chi connectivity index (χ2n) is 7.31. The highest BCUT2D eigenvalue weighted by molar-refractivity contribution is 5.74. The Morgan fingerprint density at radius 1 is 0.962 bits per heavy atom. The van der Waals surface area contributed by atoms with Crippen molar-refractivity contribution < 1.29 is 9.90 Å². The molecule has 1 fully saturated rings. The summed E-state index contributed by atoms with van der Waals surface area (Å²) in [5, 5.41) is 9.76. The number of rotatable bonds is 6. The monoisotopic (exact) mass is 352 g/mol. The van der Waals surface area contributed by atoms with Gasteiger partial charge in [0.1, 0.15) is 6.04 Å². The van der Waals surface area contributed by atoms with Crippen LogP contribution in [-0.2, 0) is 11.2 Å². The summed E-state index contributed by atoms with van der Waals surface area (Å²) < 4.78 is 0. The number of hydrogen-bond donors (Lipinski definition) is 1. The molecule has 4 heteroatoms. The van der Waals surface area contributed by atoms with E-state index in [-0.39, 0.29) is 0 Å². The Morgan fingerprint density at radius 2 is 1.58 bits per heavy atom. The highest BCUT2D eigenvalue weighted by Crippen LogP contribution is 2.20. The minimum absolute atomic E-state index is 0.460. The minimum Gasteiger partial charge on any atom is -0.480 e. The van der Waals surface area contributed by atoms with Crippen LogP contribution in [0.25, 0.3) is 0 Å². The Kier molecular flexibility index (Phi) is 5.94. The van der Waals surface area contributed by atoms with E-state index in [2.05, 4.69) is 60.0 Å². The fourth-order valence-corrected chi connectivity index (χ4v) is 3.57. The molecule has 2 aromatic carbocycles. The Hall–Kier alpha value is -2.33. The van der Waals surface area contributed by atoms with Crippen molar-refractivity contribution in [2.75, 3.05) is 31.1 Å². The van der Waals surface area contributed by atoms with Gasteiger partial charge in [0.15, 0.2) is 0 Å². The first-order valence-corrected chi connectivity index (χ1v) is 9.40. The largest absolute Gasteiger partial charge is 0.480 e. The van der Waals surface area contributed by atoms with E-state index in [9.17, 15) is 9.90 Å². The van der Waals surface area contributed by atoms with Crippen LogP contribution >= 0.6 is 0 Å². The van der Waals surface area contributed by atoms with Gasteiger partial charge in [-0.1, -0.05) is 56.3 Å². The van der Waals surface area contributed by atoms with Gasteiger partial charge in [-0.3, -0.25) is 9.69 Å². The highest BCUT2D eigenvalue weighted by Gasteiger charge is 2.29. The van der Waals surface area contributed by atoms with E-state index >= 15 is 0 Å². The molecule has 0 spiro atoms. The van der Waals surface area contributed by atoms with Crippen molar-refractivity contribution in [2.24, 2.45) is 0 Å². The molecule has 26 heavy (non-hydrogen) atoms. The normalized spacial score (nSPS) is 16.7. The molecule has 0 aliphatic carbocycles. The molecule has 3 rings (SSSR count). The molecular formula is C22H28N2O2. The molecule has 138 valence electrons. The number of piperazine rings is 1. The lowest BCUT2D eigenvalue weighted by Crippen LogP contribution is -2.53. The van der Waals surface area contributed by atoms with Crippen molar-refractivity contribution in [3.05, 3.63) is 65.7 Å². The van der Waals surface area contributed by atoms with Gasteiger partial charge in [0.25, 0.3) is 0 Å². The lowest BCUT2D eigenvalue weighted by Gasteiger charge is -2.38. The second-order valence-corrected chi connectivity index (χ2v) is 7.31. The quantitative estimate of drug-likeness (QED) is 0.862. The van der Waals surface area contributed by atoms with Crippen molar-refractivity contribution in [2.45, 2.75) is 32.2 Å². The van der Waals surface area contributed by atoms with Crippen LogP contribution in [0.1, 0.15) is 30.9 Å². The fraction of sp³-hybridized carbons (Fsp3) is 0.409. The third-order valence-electron chi connectivity index (χ3n) is 5.24. The predicted octanol–water partition coefficient (Wildman–Crippen LogP) is 3.63. The molecule has 1 aliphatic heterocycles. The van der Waals surface area contributed by atoms with Crippen molar-refractivity contribution in [1.29, 1.82) is 0 Å². The van der Waals surface area contributed by atoms with Crippen LogP contribution in [-0.4, -0.2) is 48.2 Å². The van der Waals surface area contributed by atoms with Gasteiger partial charge in [0, 0.05) is 31.9 Å². The maximum atomic E-state index is 11.9. The molecule has 0 saturated carbocycles. The number of para-hydroxylation sites is 1. The molecule has 4 nitrogen and oxygen atoms in total. The Bertz CT molecular complexity index is 705. The summed E-state index contributed by atoms with van der Waals surface area (Å²) in [4.78, 5) is 16.3. The van der Waals surface area contributed by atoms with Crippen molar-refractivity contribution in [1.82, 2.24) is 4.90 Å². The van der Waals surface area contributed by atoms with Crippen molar-refractivity contribution in [3.8, 4) is 0 Å². The Morgan fingerprint density at radius 3 is 2.12 bits per heavy atom. The second kappa shape index (κ2) is 8.37. The first-order chi connectivity index (χ1) is 12.5. The van der Waals surface area contributed by atoms with Crippen LogP contribution in [0.2, 0.25) is 0 Å². The maximum Gasteiger partial charge on any atom is 0.321 e. The van der Waals surface area contributed by atoms with Crippen LogP contribution in [0.4, 0.5) is 5.69 Å². The zero-order chi connectivity index (χ0) is 18.5. The van der Waals surface area contributed by atoms with Gasteiger partial charge in [-0.05, 0) is 35.6 Å². The SMILES string of the molecule is CC(C)c1ccc(C[C@@H](C(=O)O)N2CCN(c3ccccc3)CC2)cc1. The molecule has 0 unspecified atom stereocenters. The topological polar surface area (TPSA) is 43.8 Å². The molecule has 2 aromatic rings. The first-order valence-electron chi connectivity index (χ1n) is 9.40. The summed E-state index contributed by atoms with van der Waals surface area (Å²) >= 11 is 0. The van der Waals surface area contributed by atoms with Gasteiger partial charge >= 0.3 is 5.97 Å².